The van der Waals surface area contributed by atoms with E-state index in [0.29, 0.717) is 34.4 Å². The number of nitrogens with one attached hydrogen (secondary N) is 1. The fraction of sp³-hybridized carbons (Fsp3) is 0.0833. The van der Waals surface area contributed by atoms with Crippen LogP contribution in [0.4, 0.5) is 10.1 Å². The van der Waals surface area contributed by atoms with Crippen molar-refractivity contribution < 1.29 is 18.7 Å². The molecule has 4 aromatic rings. The maximum Gasteiger partial charge on any atom is 0.250 e. The minimum Gasteiger partial charge on any atom is -0.489 e. The van der Waals surface area contributed by atoms with Gasteiger partial charge in [-0.05, 0) is 24.3 Å². The molecule has 2 amide bonds. The summed E-state index contributed by atoms with van der Waals surface area (Å²) in [7, 11) is 0. The molecule has 154 valence electrons. The second-order valence-electron chi connectivity index (χ2n) is 7.26. The average molecular weight is 415 g/mol. The number of hydrogen-bond donors (Lipinski definition) is 2. The van der Waals surface area contributed by atoms with Crippen molar-refractivity contribution in [3.63, 3.8) is 0 Å². The van der Waals surface area contributed by atoms with Gasteiger partial charge in [0.05, 0.1) is 23.3 Å². The number of fused-ring (bicyclic) bond motifs is 4. The first-order valence-electron chi connectivity index (χ1n) is 9.74. The fourth-order valence-electron chi connectivity index (χ4n) is 4.24. The van der Waals surface area contributed by atoms with Gasteiger partial charge in [-0.15, -0.1) is 0 Å². The van der Waals surface area contributed by atoms with Gasteiger partial charge in [0, 0.05) is 27.4 Å². The van der Waals surface area contributed by atoms with Crippen LogP contribution in [-0.4, -0.2) is 29.9 Å². The van der Waals surface area contributed by atoms with Crippen LogP contribution in [0.2, 0.25) is 0 Å². The summed E-state index contributed by atoms with van der Waals surface area (Å²) in [6.45, 7) is 4.19. The third kappa shape index (κ3) is 2.78. The molecular weight excluding hydrogens is 397 g/mol. The molecule has 7 heteroatoms. The zero-order valence-corrected chi connectivity index (χ0v) is 16.4. The van der Waals surface area contributed by atoms with Gasteiger partial charge in [0.2, 0.25) is 0 Å². The molecule has 0 spiro atoms. The number of H-pyrrole nitrogens is 1. The highest BCUT2D eigenvalue weighted by molar-refractivity contribution is 6.20. The lowest BCUT2D eigenvalue weighted by Gasteiger charge is -2.30. The molecule has 0 radical (unpaired) electrons. The number of para-hydroxylation sites is 2. The lowest BCUT2D eigenvalue weighted by molar-refractivity contribution is -0.114. The standard InChI is InChI=1S/C24H18FN3O3/c1-2-19(29)28-10-11-31-23-14(7-5-9-18(23)28)20-16(25)12-15(24(26)30)22-21(20)13-6-3-4-8-17(13)27-22/h2-9,12,27H,1,10-11H2,(H2,26,30). The van der Waals surface area contributed by atoms with E-state index >= 15 is 4.39 Å². The minimum absolute atomic E-state index is 0.0710. The summed E-state index contributed by atoms with van der Waals surface area (Å²) in [5, 5.41) is 1.29. The van der Waals surface area contributed by atoms with Crippen LogP contribution in [0.3, 0.4) is 0 Å². The van der Waals surface area contributed by atoms with E-state index in [1.165, 1.54) is 6.08 Å². The van der Waals surface area contributed by atoms with Crippen LogP contribution in [0.1, 0.15) is 10.4 Å². The first-order valence-corrected chi connectivity index (χ1v) is 9.74. The molecule has 1 aliphatic rings. The van der Waals surface area contributed by atoms with E-state index in [4.69, 9.17) is 10.5 Å². The smallest absolute Gasteiger partial charge is 0.250 e. The molecule has 0 aliphatic carbocycles. The predicted octanol–water partition coefficient (Wildman–Crippen LogP) is 4.14. The highest BCUT2D eigenvalue weighted by Gasteiger charge is 2.28. The predicted molar refractivity (Wildman–Crippen MR) is 118 cm³/mol. The van der Waals surface area contributed by atoms with E-state index in [-0.39, 0.29) is 23.6 Å². The van der Waals surface area contributed by atoms with E-state index < -0.39 is 11.7 Å². The van der Waals surface area contributed by atoms with Crippen LogP contribution in [0.25, 0.3) is 32.9 Å². The lowest BCUT2D eigenvalue weighted by atomic mass is 9.94. The number of ether oxygens (including phenoxy) is 1. The van der Waals surface area contributed by atoms with Gasteiger partial charge < -0.3 is 20.4 Å². The van der Waals surface area contributed by atoms with Crippen molar-refractivity contribution in [2.75, 3.05) is 18.1 Å². The third-order valence-corrected chi connectivity index (χ3v) is 5.56. The number of carbonyl (C=O) groups excluding carboxylic acids is 2. The molecule has 1 aromatic heterocycles. The summed E-state index contributed by atoms with van der Waals surface area (Å²) >= 11 is 0. The Labute approximate surface area is 176 Å². The molecule has 0 saturated carbocycles. The van der Waals surface area contributed by atoms with Crippen LogP contribution in [-0.2, 0) is 4.79 Å². The van der Waals surface area contributed by atoms with Gasteiger partial charge in [0.25, 0.3) is 11.8 Å². The lowest BCUT2D eigenvalue weighted by Crippen LogP contribution is -2.36. The summed E-state index contributed by atoms with van der Waals surface area (Å²) in [5.74, 6) is -1.18. The maximum absolute atomic E-state index is 15.5. The van der Waals surface area contributed by atoms with Gasteiger partial charge in [0.1, 0.15) is 12.4 Å². The van der Waals surface area contributed by atoms with Crippen molar-refractivity contribution in [1.82, 2.24) is 4.98 Å². The first-order chi connectivity index (χ1) is 15.0. The second-order valence-corrected chi connectivity index (χ2v) is 7.26. The average Bonchev–Trinajstić information content (AvgIpc) is 3.16. The maximum atomic E-state index is 15.5. The van der Waals surface area contributed by atoms with Crippen LogP contribution >= 0.6 is 0 Å². The summed E-state index contributed by atoms with van der Waals surface area (Å²) in [6.07, 6.45) is 1.24. The Morgan fingerprint density at radius 2 is 2.00 bits per heavy atom. The quantitative estimate of drug-likeness (QED) is 0.493. The van der Waals surface area contributed by atoms with E-state index in [9.17, 15) is 9.59 Å². The molecule has 0 atom stereocenters. The molecule has 3 N–H and O–H groups in total. The number of amides is 2. The molecule has 0 unspecified atom stereocenters. The fourth-order valence-corrected chi connectivity index (χ4v) is 4.24. The molecule has 0 fully saturated rings. The Bertz CT molecular complexity index is 1410. The normalized spacial score (nSPS) is 13.1. The summed E-state index contributed by atoms with van der Waals surface area (Å²) in [4.78, 5) is 29.1. The number of primary amides is 1. The molecule has 0 saturated heterocycles. The van der Waals surface area contributed by atoms with Gasteiger partial charge in [0.15, 0.2) is 5.75 Å². The summed E-state index contributed by atoms with van der Waals surface area (Å²) in [5.41, 5.74) is 8.12. The second kappa shape index (κ2) is 6.98. The Hall–Kier alpha value is -4.13. The minimum atomic E-state index is -0.726. The number of rotatable bonds is 3. The van der Waals surface area contributed by atoms with Crippen LogP contribution in [0.15, 0.2) is 61.2 Å². The van der Waals surface area contributed by atoms with Crippen molar-refractivity contribution >= 4 is 39.3 Å². The van der Waals surface area contributed by atoms with Crippen molar-refractivity contribution in [2.45, 2.75) is 0 Å². The van der Waals surface area contributed by atoms with Gasteiger partial charge in [-0.1, -0.05) is 36.9 Å². The van der Waals surface area contributed by atoms with Crippen LogP contribution in [0.5, 0.6) is 5.75 Å². The van der Waals surface area contributed by atoms with E-state index in [0.717, 1.165) is 17.0 Å². The topological polar surface area (TPSA) is 88.4 Å². The molecule has 3 aromatic carbocycles. The molecular formula is C24H18FN3O3. The summed E-state index contributed by atoms with van der Waals surface area (Å²) < 4.78 is 21.5. The largest absolute Gasteiger partial charge is 0.489 e. The molecule has 0 bridgehead atoms. The van der Waals surface area contributed by atoms with Crippen LogP contribution < -0.4 is 15.4 Å². The SMILES string of the molecule is C=CC(=O)N1CCOc2c(-c3c(F)cc(C(N)=O)c4[nH]c5ccccc5c34)cccc21. The van der Waals surface area contributed by atoms with E-state index in [2.05, 4.69) is 11.6 Å². The number of halogens is 1. The van der Waals surface area contributed by atoms with Gasteiger partial charge in [-0.25, -0.2) is 4.39 Å². The van der Waals surface area contributed by atoms with E-state index in [1.807, 2.05) is 24.3 Å². The number of benzene rings is 3. The van der Waals surface area contributed by atoms with Crippen LogP contribution in [0, 0.1) is 5.82 Å². The Kier molecular flexibility index (Phi) is 4.25. The van der Waals surface area contributed by atoms with Crippen molar-refractivity contribution in [1.29, 1.82) is 0 Å². The van der Waals surface area contributed by atoms with Crippen molar-refractivity contribution in [3.05, 3.63) is 72.6 Å². The highest BCUT2D eigenvalue weighted by atomic mass is 19.1. The highest BCUT2D eigenvalue weighted by Crippen LogP contribution is 2.46. The molecule has 6 nitrogen and oxygen atoms in total. The zero-order chi connectivity index (χ0) is 21.7. The van der Waals surface area contributed by atoms with Gasteiger partial charge in [-0.2, -0.15) is 0 Å². The third-order valence-electron chi connectivity index (χ3n) is 5.56. The van der Waals surface area contributed by atoms with Gasteiger partial charge in [-0.3, -0.25) is 9.59 Å². The number of nitrogens with two attached hydrogens (primary N) is 1. The number of anilines is 1. The monoisotopic (exact) mass is 415 g/mol. The molecule has 2 heterocycles. The summed E-state index contributed by atoms with van der Waals surface area (Å²) in [6, 6.07) is 13.8. The molecule has 1 aliphatic heterocycles. The number of aromatic amines is 1. The number of hydrogen-bond acceptors (Lipinski definition) is 3. The van der Waals surface area contributed by atoms with E-state index in [1.54, 1.807) is 23.1 Å². The van der Waals surface area contributed by atoms with Crippen molar-refractivity contribution in [3.8, 4) is 16.9 Å². The Morgan fingerprint density at radius 3 is 2.77 bits per heavy atom. The van der Waals surface area contributed by atoms with Crippen molar-refractivity contribution in [2.24, 2.45) is 5.73 Å². The van der Waals surface area contributed by atoms with Gasteiger partial charge >= 0.3 is 0 Å². The molecule has 5 rings (SSSR count). The Balaban J connectivity index is 1.88. The number of nitrogens with zero attached hydrogens (tertiary/aromatic N) is 1. The Morgan fingerprint density at radius 1 is 1.19 bits per heavy atom. The molecule has 31 heavy (non-hydrogen) atoms. The first kappa shape index (κ1) is 18.9. The number of aromatic nitrogens is 1. The zero-order valence-electron chi connectivity index (χ0n) is 16.4. The number of carbonyl (C=O) groups is 2.